The maximum Gasteiger partial charge on any atom is 0.262 e. The maximum absolute atomic E-state index is 12.8. The molecule has 0 atom stereocenters. The minimum absolute atomic E-state index is 0.194. The fourth-order valence-corrected chi connectivity index (χ4v) is 3.53. The Morgan fingerprint density at radius 2 is 1.70 bits per heavy atom. The Hall–Kier alpha value is -3.76. The molecule has 33 heavy (non-hydrogen) atoms. The first-order chi connectivity index (χ1) is 15.9. The average molecular weight is 467 g/mol. The number of carbonyl (C=O) groups excluding carboxylic acids is 2. The Kier molecular flexibility index (Phi) is 6.66. The smallest absolute Gasteiger partial charge is 0.262 e. The van der Waals surface area contributed by atoms with E-state index in [1.807, 2.05) is 4.90 Å². The van der Waals surface area contributed by atoms with E-state index in [0.717, 1.165) is 31.7 Å². The van der Waals surface area contributed by atoms with E-state index in [2.05, 4.69) is 26.0 Å². The first-order valence-electron chi connectivity index (χ1n) is 10.3. The molecule has 170 valence electrons. The number of halogens is 1. The van der Waals surface area contributed by atoms with Crippen LogP contribution in [0.25, 0.3) is 0 Å². The third kappa shape index (κ3) is 5.18. The molecule has 0 spiro atoms. The van der Waals surface area contributed by atoms with E-state index < -0.39 is 11.8 Å². The van der Waals surface area contributed by atoms with E-state index in [1.165, 1.54) is 17.1 Å². The molecule has 11 heteroatoms. The van der Waals surface area contributed by atoms with Gasteiger partial charge in [0.05, 0.1) is 11.2 Å². The van der Waals surface area contributed by atoms with Crippen LogP contribution in [0.4, 0.5) is 11.6 Å². The molecular formula is C22H23ClN8O2. The summed E-state index contributed by atoms with van der Waals surface area (Å²) in [5.74, 6) is 0.160. The number of nitrogens with one attached hydrogen (secondary N) is 4. The molecule has 1 aliphatic rings. The van der Waals surface area contributed by atoms with Gasteiger partial charge in [0.2, 0.25) is 0 Å². The number of aromatic nitrogens is 3. The zero-order chi connectivity index (χ0) is 23.4. The molecule has 3 heterocycles. The van der Waals surface area contributed by atoms with Gasteiger partial charge in [-0.2, -0.15) is 5.10 Å². The molecule has 0 aliphatic carbocycles. The molecular weight excluding hydrogens is 444 g/mol. The number of pyridine rings is 1. The SMILES string of the molecule is Cn1ncc(C(=O)Nc2ccc(Cl)cn2)c1NC(=O)c1ccc(C(=N)N2CCNCC2)cc1. The summed E-state index contributed by atoms with van der Waals surface area (Å²) in [5, 5.41) is 21.6. The van der Waals surface area contributed by atoms with Gasteiger partial charge in [-0.1, -0.05) is 23.7 Å². The fraction of sp³-hybridized carbons (Fsp3) is 0.227. The lowest BCUT2D eigenvalue weighted by atomic mass is 10.1. The molecule has 0 radical (unpaired) electrons. The monoisotopic (exact) mass is 466 g/mol. The lowest BCUT2D eigenvalue weighted by Crippen LogP contribution is -2.46. The van der Waals surface area contributed by atoms with Gasteiger partial charge in [-0.15, -0.1) is 0 Å². The van der Waals surface area contributed by atoms with Crippen molar-refractivity contribution in [3.05, 3.63) is 70.5 Å². The molecule has 0 saturated carbocycles. The highest BCUT2D eigenvalue weighted by Crippen LogP contribution is 2.18. The number of anilines is 2. The Morgan fingerprint density at radius 1 is 1.00 bits per heavy atom. The molecule has 0 bridgehead atoms. The van der Waals surface area contributed by atoms with Crippen molar-refractivity contribution < 1.29 is 9.59 Å². The van der Waals surface area contributed by atoms with Crippen LogP contribution in [0.5, 0.6) is 0 Å². The van der Waals surface area contributed by atoms with Crippen LogP contribution in [0.3, 0.4) is 0 Å². The number of piperazine rings is 1. The molecule has 4 N–H and O–H groups in total. The van der Waals surface area contributed by atoms with Gasteiger partial charge in [-0.25, -0.2) is 4.98 Å². The zero-order valence-electron chi connectivity index (χ0n) is 17.9. The third-order valence-corrected chi connectivity index (χ3v) is 5.46. The Labute approximate surface area is 195 Å². The molecule has 1 aliphatic heterocycles. The number of benzene rings is 1. The van der Waals surface area contributed by atoms with Gasteiger partial charge in [-0.3, -0.25) is 19.7 Å². The van der Waals surface area contributed by atoms with Gasteiger partial charge < -0.3 is 20.9 Å². The molecule has 1 saturated heterocycles. The summed E-state index contributed by atoms with van der Waals surface area (Å²) >= 11 is 5.82. The van der Waals surface area contributed by atoms with E-state index in [4.69, 9.17) is 17.0 Å². The lowest BCUT2D eigenvalue weighted by Gasteiger charge is -2.29. The molecule has 4 rings (SSSR count). The lowest BCUT2D eigenvalue weighted by molar-refractivity contribution is 0.102. The normalized spacial score (nSPS) is 13.5. The molecule has 0 unspecified atom stereocenters. The number of hydrogen-bond acceptors (Lipinski definition) is 6. The highest BCUT2D eigenvalue weighted by atomic mass is 35.5. The second-order valence-electron chi connectivity index (χ2n) is 7.46. The van der Waals surface area contributed by atoms with Gasteiger partial charge >= 0.3 is 0 Å². The minimum atomic E-state index is -0.465. The van der Waals surface area contributed by atoms with Crippen LogP contribution in [-0.2, 0) is 7.05 Å². The fourth-order valence-electron chi connectivity index (χ4n) is 3.42. The molecule has 1 aromatic carbocycles. The summed E-state index contributed by atoms with van der Waals surface area (Å²) in [6.45, 7) is 3.24. The summed E-state index contributed by atoms with van der Waals surface area (Å²) in [4.78, 5) is 31.6. The number of hydrogen-bond donors (Lipinski definition) is 4. The average Bonchev–Trinajstić information content (AvgIpc) is 3.20. The predicted molar refractivity (Wildman–Crippen MR) is 126 cm³/mol. The minimum Gasteiger partial charge on any atom is -0.354 e. The summed E-state index contributed by atoms with van der Waals surface area (Å²) in [6.07, 6.45) is 2.80. The number of rotatable bonds is 5. The molecule has 10 nitrogen and oxygen atoms in total. The standard InChI is InChI=1S/C22H23ClN8O2/c1-30-20(17(13-27-30)22(33)28-18-7-6-16(23)12-26-18)29-21(32)15-4-2-14(3-5-15)19(24)31-10-8-25-9-11-31/h2-7,12-13,24-25H,8-11H2,1H3,(H,29,32)(H,26,28,33). The summed E-state index contributed by atoms with van der Waals surface area (Å²) in [6, 6.07) is 10.0. The van der Waals surface area contributed by atoms with Crippen molar-refractivity contribution in [1.29, 1.82) is 5.41 Å². The number of amides is 2. The summed E-state index contributed by atoms with van der Waals surface area (Å²) in [5.41, 5.74) is 1.34. The molecule has 1 fully saturated rings. The maximum atomic E-state index is 12.8. The van der Waals surface area contributed by atoms with Gasteiger partial charge in [-0.05, 0) is 24.3 Å². The predicted octanol–water partition coefficient (Wildman–Crippen LogP) is 2.20. The van der Waals surface area contributed by atoms with E-state index in [1.54, 1.807) is 43.4 Å². The van der Waals surface area contributed by atoms with Crippen molar-refractivity contribution in [1.82, 2.24) is 25.0 Å². The summed E-state index contributed by atoms with van der Waals surface area (Å²) < 4.78 is 1.41. The van der Waals surface area contributed by atoms with Gasteiger partial charge in [0.1, 0.15) is 23.0 Å². The number of amidine groups is 1. The highest BCUT2D eigenvalue weighted by Gasteiger charge is 2.20. The summed E-state index contributed by atoms with van der Waals surface area (Å²) in [7, 11) is 1.63. The van der Waals surface area contributed by atoms with Crippen LogP contribution in [0.15, 0.2) is 48.8 Å². The van der Waals surface area contributed by atoms with Crippen LogP contribution in [0.1, 0.15) is 26.3 Å². The van der Waals surface area contributed by atoms with Gasteiger partial charge in [0, 0.05) is 50.6 Å². The highest BCUT2D eigenvalue weighted by molar-refractivity contribution is 6.30. The Bertz CT molecular complexity index is 1170. The van der Waals surface area contributed by atoms with Crippen LogP contribution in [-0.4, -0.2) is 63.5 Å². The van der Waals surface area contributed by atoms with Crippen LogP contribution >= 0.6 is 11.6 Å². The van der Waals surface area contributed by atoms with E-state index >= 15 is 0 Å². The molecule has 2 aromatic heterocycles. The molecule has 2 amide bonds. The van der Waals surface area contributed by atoms with Gasteiger partial charge in [0.15, 0.2) is 0 Å². The van der Waals surface area contributed by atoms with E-state index in [9.17, 15) is 9.59 Å². The van der Waals surface area contributed by atoms with Crippen molar-refractivity contribution in [2.75, 3.05) is 36.8 Å². The largest absolute Gasteiger partial charge is 0.354 e. The quantitative estimate of drug-likeness (QED) is 0.337. The first kappa shape index (κ1) is 22.4. The van der Waals surface area contributed by atoms with Crippen molar-refractivity contribution in [2.45, 2.75) is 0 Å². The van der Waals surface area contributed by atoms with Crippen molar-refractivity contribution >= 4 is 40.9 Å². The topological polar surface area (TPSA) is 128 Å². The zero-order valence-corrected chi connectivity index (χ0v) is 18.7. The van der Waals surface area contributed by atoms with E-state index in [0.29, 0.717) is 22.2 Å². The number of nitrogens with zero attached hydrogens (tertiary/aromatic N) is 4. The van der Waals surface area contributed by atoms with Crippen molar-refractivity contribution in [2.24, 2.45) is 7.05 Å². The van der Waals surface area contributed by atoms with Crippen LogP contribution in [0, 0.1) is 5.41 Å². The first-order valence-corrected chi connectivity index (χ1v) is 10.7. The third-order valence-electron chi connectivity index (χ3n) is 5.24. The second kappa shape index (κ2) is 9.80. The van der Waals surface area contributed by atoms with Crippen molar-refractivity contribution in [3.63, 3.8) is 0 Å². The molecule has 3 aromatic rings. The Balaban J connectivity index is 1.45. The van der Waals surface area contributed by atoms with Crippen molar-refractivity contribution in [3.8, 4) is 0 Å². The second-order valence-corrected chi connectivity index (χ2v) is 7.90. The van der Waals surface area contributed by atoms with Crippen LogP contribution in [0.2, 0.25) is 5.02 Å². The van der Waals surface area contributed by atoms with E-state index in [-0.39, 0.29) is 11.4 Å². The number of carbonyl (C=O) groups is 2. The van der Waals surface area contributed by atoms with Crippen LogP contribution < -0.4 is 16.0 Å². The Morgan fingerprint density at radius 3 is 2.36 bits per heavy atom. The number of aryl methyl sites for hydroxylation is 1. The van der Waals surface area contributed by atoms with Gasteiger partial charge in [0.25, 0.3) is 11.8 Å².